The van der Waals surface area contributed by atoms with Crippen molar-refractivity contribution in [3.8, 4) is 0 Å². The number of benzene rings is 2. The Labute approximate surface area is 192 Å². The van der Waals surface area contributed by atoms with E-state index in [1.807, 2.05) is 30.3 Å². The first-order chi connectivity index (χ1) is 15.9. The van der Waals surface area contributed by atoms with E-state index in [9.17, 15) is 23.6 Å². The summed E-state index contributed by atoms with van der Waals surface area (Å²) in [7, 11) is 0. The van der Waals surface area contributed by atoms with Crippen molar-refractivity contribution < 1.29 is 28.4 Å². The summed E-state index contributed by atoms with van der Waals surface area (Å²) in [6.45, 7) is 0.00577. The summed E-state index contributed by atoms with van der Waals surface area (Å²) in [5.74, 6) is -2.14. The summed E-state index contributed by atoms with van der Waals surface area (Å²) in [6, 6.07) is 13.4. The predicted octanol–water partition coefficient (Wildman–Crippen LogP) is 1.64. The summed E-state index contributed by atoms with van der Waals surface area (Å²) >= 11 is 1.41. The van der Waals surface area contributed by atoms with Crippen LogP contribution < -0.4 is 5.32 Å². The third-order valence-corrected chi connectivity index (χ3v) is 6.95. The highest BCUT2D eigenvalue weighted by Gasteiger charge is 2.55. The van der Waals surface area contributed by atoms with Crippen molar-refractivity contribution in [2.75, 3.05) is 12.3 Å². The van der Waals surface area contributed by atoms with Crippen molar-refractivity contribution in [1.82, 2.24) is 15.3 Å². The Kier molecular flexibility index (Phi) is 5.37. The van der Waals surface area contributed by atoms with E-state index in [-0.39, 0.29) is 30.1 Å². The fourth-order valence-electron chi connectivity index (χ4n) is 4.00. The normalized spacial score (nSPS) is 21.6. The van der Waals surface area contributed by atoms with Crippen molar-refractivity contribution in [3.05, 3.63) is 82.8 Å². The number of carbonyl (C=O) groups is 4. The van der Waals surface area contributed by atoms with Crippen LogP contribution >= 0.6 is 11.8 Å². The first kappa shape index (κ1) is 21.2. The number of fused-ring (bicyclic) bond motifs is 2. The molecule has 0 saturated carbocycles. The zero-order valence-corrected chi connectivity index (χ0v) is 18.0. The minimum absolute atomic E-state index is 0.00577. The van der Waals surface area contributed by atoms with Crippen LogP contribution in [0.2, 0.25) is 0 Å². The number of halogens is 1. The predicted molar refractivity (Wildman–Crippen MR) is 116 cm³/mol. The second-order valence-corrected chi connectivity index (χ2v) is 8.90. The summed E-state index contributed by atoms with van der Waals surface area (Å²) in [5, 5.41) is 3.26. The number of carbonyl (C=O) groups excluding carboxylic acids is 4. The summed E-state index contributed by atoms with van der Waals surface area (Å²) in [6.07, 6.45) is 0.151. The molecule has 8 nitrogen and oxygen atoms in total. The molecule has 1 fully saturated rings. The van der Waals surface area contributed by atoms with Gasteiger partial charge in [0.25, 0.3) is 11.8 Å². The highest BCUT2D eigenvalue weighted by Crippen LogP contribution is 2.42. The van der Waals surface area contributed by atoms with Crippen molar-refractivity contribution in [2.24, 2.45) is 0 Å². The number of hydrogen-bond donors (Lipinski definition) is 1. The molecule has 1 saturated heterocycles. The Balaban J connectivity index is 1.27. The quantitative estimate of drug-likeness (QED) is 0.687. The van der Waals surface area contributed by atoms with Gasteiger partial charge < -0.3 is 10.2 Å². The second-order valence-electron chi connectivity index (χ2n) is 7.80. The molecule has 0 spiro atoms. The number of amides is 3. The van der Waals surface area contributed by atoms with Gasteiger partial charge in [-0.1, -0.05) is 30.3 Å². The average molecular weight is 467 g/mol. The molecule has 2 atom stereocenters. The minimum atomic E-state index is -0.806. The van der Waals surface area contributed by atoms with Gasteiger partial charge in [-0.2, -0.15) is 5.06 Å². The van der Waals surface area contributed by atoms with E-state index in [0.29, 0.717) is 11.3 Å². The van der Waals surface area contributed by atoms with E-state index in [1.54, 1.807) is 0 Å². The van der Waals surface area contributed by atoms with Crippen LogP contribution in [0.5, 0.6) is 0 Å². The Hall–Kier alpha value is -3.66. The Morgan fingerprint density at radius 3 is 2.55 bits per heavy atom. The van der Waals surface area contributed by atoms with Crippen LogP contribution in [0.3, 0.4) is 0 Å². The maximum atomic E-state index is 13.1. The SMILES string of the molecule is O=C(Cc1ccccc1)N[C@@H]1C(=O)N2C3=C(CSC12)CN(C(=O)c1ccc(F)cc1)OC3=O. The highest BCUT2D eigenvalue weighted by molar-refractivity contribution is 8.00. The largest absolute Gasteiger partial charge is 0.379 e. The van der Waals surface area contributed by atoms with E-state index in [0.717, 1.165) is 22.8 Å². The Morgan fingerprint density at radius 2 is 1.82 bits per heavy atom. The average Bonchev–Trinajstić information content (AvgIpc) is 2.82. The van der Waals surface area contributed by atoms with Gasteiger partial charge in [0.15, 0.2) is 0 Å². The van der Waals surface area contributed by atoms with Crippen LogP contribution in [-0.4, -0.2) is 57.4 Å². The fourth-order valence-corrected chi connectivity index (χ4v) is 5.33. The smallest absolute Gasteiger partial charge is 0.341 e. The van der Waals surface area contributed by atoms with E-state index in [1.165, 1.54) is 28.8 Å². The van der Waals surface area contributed by atoms with Crippen molar-refractivity contribution in [1.29, 1.82) is 0 Å². The van der Waals surface area contributed by atoms with E-state index >= 15 is 0 Å². The van der Waals surface area contributed by atoms with E-state index < -0.39 is 35.0 Å². The van der Waals surface area contributed by atoms with Crippen LogP contribution in [0.4, 0.5) is 4.39 Å². The first-order valence-electron chi connectivity index (χ1n) is 10.2. The van der Waals surface area contributed by atoms with Gasteiger partial charge in [-0.15, -0.1) is 11.8 Å². The molecule has 3 aliphatic rings. The zero-order valence-electron chi connectivity index (χ0n) is 17.2. The maximum Gasteiger partial charge on any atom is 0.379 e. The molecule has 2 aromatic carbocycles. The van der Waals surface area contributed by atoms with Crippen LogP contribution in [0.15, 0.2) is 65.9 Å². The molecule has 0 aliphatic carbocycles. The van der Waals surface area contributed by atoms with E-state index in [4.69, 9.17) is 4.84 Å². The molecule has 10 heteroatoms. The molecule has 5 rings (SSSR count). The summed E-state index contributed by atoms with van der Waals surface area (Å²) < 4.78 is 13.1. The lowest BCUT2D eigenvalue weighted by Gasteiger charge is -2.51. The molecule has 168 valence electrons. The van der Waals surface area contributed by atoms with Crippen molar-refractivity contribution >= 4 is 35.5 Å². The molecule has 3 heterocycles. The number of hydroxylamine groups is 2. The molecule has 33 heavy (non-hydrogen) atoms. The van der Waals surface area contributed by atoms with Crippen LogP contribution in [0.1, 0.15) is 15.9 Å². The Bertz CT molecular complexity index is 1180. The molecular weight excluding hydrogens is 449 g/mol. The lowest BCUT2D eigenvalue weighted by Crippen LogP contribution is -2.71. The standard InChI is InChI=1S/C23H18FN3O5S/c24-16-8-6-14(7-9-16)20(29)26-11-15-12-33-22-18(21(30)27(22)19(15)23(31)32-26)25-17(28)10-13-4-2-1-3-5-13/h1-9,18,22H,10-12H2,(H,25,28)/t18-,22?/m1/s1. The van der Waals surface area contributed by atoms with Gasteiger partial charge in [0, 0.05) is 11.3 Å². The lowest BCUT2D eigenvalue weighted by atomic mass is 10.0. The highest BCUT2D eigenvalue weighted by atomic mass is 32.2. The molecule has 3 aliphatic heterocycles. The molecule has 2 aromatic rings. The second kappa shape index (κ2) is 8.36. The van der Waals surface area contributed by atoms with Crippen molar-refractivity contribution in [2.45, 2.75) is 17.8 Å². The maximum absolute atomic E-state index is 13.1. The zero-order chi connectivity index (χ0) is 23.1. The van der Waals surface area contributed by atoms with Gasteiger partial charge in [0.2, 0.25) is 5.91 Å². The molecule has 1 unspecified atom stereocenters. The Morgan fingerprint density at radius 1 is 1.09 bits per heavy atom. The fraction of sp³-hybridized carbons (Fsp3) is 0.217. The first-order valence-corrected chi connectivity index (χ1v) is 11.3. The summed E-state index contributed by atoms with van der Waals surface area (Å²) in [4.78, 5) is 57.1. The lowest BCUT2D eigenvalue weighted by molar-refractivity contribution is -0.180. The topological polar surface area (TPSA) is 96.0 Å². The van der Waals surface area contributed by atoms with Crippen LogP contribution in [0, 0.1) is 5.82 Å². The number of hydrogen-bond acceptors (Lipinski definition) is 6. The number of nitrogens with zero attached hydrogens (tertiary/aromatic N) is 2. The van der Waals surface area contributed by atoms with Gasteiger partial charge in [0.1, 0.15) is 22.9 Å². The van der Waals surface area contributed by atoms with Crippen LogP contribution in [0.25, 0.3) is 0 Å². The molecule has 0 aromatic heterocycles. The van der Waals surface area contributed by atoms with Gasteiger partial charge in [-0.25, -0.2) is 9.18 Å². The number of β-lactam (4-membered cyclic amide) rings is 1. The molecule has 3 amide bonds. The third kappa shape index (κ3) is 3.86. The number of thioether (sulfide) groups is 1. The van der Waals surface area contributed by atoms with Gasteiger partial charge in [-0.3, -0.25) is 19.3 Å². The van der Waals surface area contributed by atoms with E-state index in [2.05, 4.69) is 5.32 Å². The molecule has 1 N–H and O–H groups in total. The van der Waals surface area contributed by atoms with Crippen molar-refractivity contribution in [3.63, 3.8) is 0 Å². The van der Waals surface area contributed by atoms with Crippen LogP contribution in [-0.2, 0) is 25.6 Å². The van der Waals surface area contributed by atoms with Gasteiger partial charge in [-0.05, 0) is 35.4 Å². The molecule has 0 bridgehead atoms. The van der Waals surface area contributed by atoms with Gasteiger partial charge in [0.05, 0.1) is 13.0 Å². The molecule has 0 radical (unpaired) electrons. The number of nitrogens with one attached hydrogen (secondary N) is 1. The number of rotatable bonds is 4. The molecular formula is C23H18FN3O5S. The van der Waals surface area contributed by atoms with Gasteiger partial charge >= 0.3 is 5.97 Å². The third-order valence-electron chi connectivity index (χ3n) is 5.61. The minimum Gasteiger partial charge on any atom is -0.341 e. The summed E-state index contributed by atoms with van der Waals surface area (Å²) in [5.41, 5.74) is 1.73. The monoisotopic (exact) mass is 467 g/mol.